The van der Waals surface area contributed by atoms with Crippen molar-refractivity contribution in [1.82, 2.24) is 4.31 Å². The number of nitrogens with zero attached hydrogens (tertiary/aromatic N) is 1. The summed E-state index contributed by atoms with van der Waals surface area (Å²) in [5.74, 6) is -1.16. The average molecular weight is 378 g/mol. The van der Waals surface area contributed by atoms with Crippen LogP contribution in [-0.2, 0) is 14.8 Å². The molecule has 0 bridgehead atoms. The lowest BCUT2D eigenvalue weighted by Crippen LogP contribution is -2.36. The smallest absolute Gasteiger partial charge is 0.335 e. The molecule has 0 radical (unpaired) electrons. The molecule has 0 aromatic heterocycles. The SMILES string of the molecule is COCCN(C1CC1)S(=O)(=O)c1cc(C(=O)O)ccc1Br. The van der Waals surface area contributed by atoms with Crippen LogP contribution in [0.3, 0.4) is 0 Å². The van der Waals surface area contributed by atoms with Crippen LogP contribution in [0.5, 0.6) is 0 Å². The first-order chi connectivity index (χ1) is 9.87. The molecule has 1 aliphatic rings. The number of carboxylic acids is 1. The Labute approximate surface area is 131 Å². The summed E-state index contributed by atoms with van der Waals surface area (Å²) >= 11 is 3.19. The zero-order chi connectivity index (χ0) is 15.6. The molecule has 0 amide bonds. The van der Waals surface area contributed by atoms with Crippen LogP contribution in [0.4, 0.5) is 0 Å². The van der Waals surface area contributed by atoms with Crippen molar-refractivity contribution in [3.8, 4) is 0 Å². The van der Waals surface area contributed by atoms with Crippen molar-refractivity contribution in [2.75, 3.05) is 20.3 Å². The Kier molecular flexibility index (Phi) is 5.03. The van der Waals surface area contributed by atoms with Gasteiger partial charge in [-0.25, -0.2) is 13.2 Å². The minimum Gasteiger partial charge on any atom is -0.478 e. The number of aromatic carboxylic acids is 1. The van der Waals surface area contributed by atoms with Crippen LogP contribution in [0.2, 0.25) is 0 Å². The third-order valence-corrected chi connectivity index (χ3v) is 6.18. The topological polar surface area (TPSA) is 83.9 Å². The number of methoxy groups -OCH3 is 1. The van der Waals surface area contributed by atoms with Gasteiger partial charge in [-0.1, -0.05) is 0 Å². The van der Waals surface area contributed by atoms with E-state index in [2.05, 4.69) is 15.9 Å². The molecule has 21 heavy (non-hydrogen) atoms. The van der Waals surface area contributed by atoms with Gasteiger partial charge in [0.1, 0.15) is 0 Å². The van der Waals surface area contributed by atoms with Gasteiger partial charge >= 0.3 is 5.97 Å². The lowest BCUT2D eigenvalue weighted by molar-refractivity contribution is 0.0696. The van der Waals surface area contributed by atoms with E-state index in [0.29, 0.717) is 11.1 Å². The number of sulfonamides is 1. The molecule has 6 nitrogen and oxygen atoms in total. The molecule has 0 spiro atoms. The maximum atomic E-state index is 12.8. The molecular weight excluding hydrogens is 362 g/mol. The van der Waals surface area contributed by atoms with Gasteiger partial charge < -0.3 is 9.84 Å². The van der Waals surface area contributed by atoms with Crippen LogP contribution in [0, 0.1) is 0 Å². The highest BCUT2D eigenvalue weighted by Gasteiger charge is 2.38. The maximum absolute atomic E-state index is 12.8. The van der Waals surface area contributed by atoms with Gasteiger partial charge in [0.25, 0.3) is 0 Å². The molecule has 0 unspecified atom stereocenters. The number of hydrogen-bond acceptors (Lipinski definition) is 4. The molecule has 1 fully saturated rings. The van der Waals surface area contributed by atoms with Gasteiger partial charge in [-0.05, 0) is 47.0 Å². The van der Waals surface area contributed by atoms with E-state index in [1.54, 1.807) is 0 Å². The third kappa shape index (κ3) is 3.63. The standard InChI is InChI=1S/C13H16BrNO5S/c1-20-7-6-15(10-3-4-10)21(18,19)12-8-9(13(16)17)2-5-11(12)14/h2,5,8,10H,3-4,6-7H2,1H3,(H,16,17). The molecule has 8 heteroatoms. The number of ether oxygens (including phenoxy) is 1. The first-order valence-corrected chi connectivity index (χ1v) is 8.65. The lowest BCUT2D eigenvalue weighted by atomic mass is 10.2. The largest absolute Gasteiger partial charge is 0.478 e. The molecule has 0 saturated heterocycles. The number of hydrogen-bond donors (Lipinski definition) is 1. The summed E-state index contributed by atoms with van der Waals surface area (Å²) in [5, 5.41) is 9.02. The predicted molar refractivity (Wildman–Crippen MR) is 79.9 cm³/mol. The second-order valence-corrected chi connectivity index (χ2v) is 7.50. The maximum Gasteiger partial charge on any atom is 0.335 e. The zero-order valence-electron chi connectivity index (χ0n) is 11.5. The quantitative estimate of drug-likeness (QED) is 0.784. The Hall–Kier alpha value is -0.960. The van der Waals surface area contributed by atoms with E-state index in [1.807, 2.05) is 0 Å². The zero-order valence-corrected chi connectivity index (χ0v) is 13.9. The van der Waals surface area contributed by atoms with E-state index >= 15 is 0 Å². The molecule has 1 aliphatic carbocycles. The highest BCUT2D eigenvalue weighted by molar-refractivity contribution is 9.10. The minimum absolute atomic E-state index is 0.0227. The van der Waals surface area contributed by atoms with Crippen molar-refractivity contribution in [3.63, 3.8) is 0 Å². The highest BCUT2D eigenvalue weighted by Crippen LogP contribution is 2.34. The van der Waals surface area contributed by atoms with Crippen LogP contribution in [0.15, 0.2) is 27.6 Å². The summed E-state index contributed by atoms with van der Waals surface area (Å²) in [6.07, 6.45) is 1.64. The van der Waals surface area contributed by atoms with Crippen molar-refractivity contribution in [1.29, 1.82) is 0 Å². The van der Waals surface area contributed by atoms with Crippen LogP contribution in [0.1, 0.15) is 23.2 Å². The van der Waals surface area contributed by atoms with Gasteiger partial charge in [0, 0.05) is 24.2 Å². The number of rotatable bonds is 7. The van der Waals surface area contributed by atoms with Crippen molar-refractivity contribution in [2.24, 2.45) is 0 Å². The van der Waals surface area contributed by atoms with E-state index in [-0.39, 0.29) is 23.0 Å². The van der Waals surface area contributed by atoms with E-state index < -0.39 is 16.0 Å². The Bertz CT molecular complexity index is 642. The van der Waals surface area contributed by atoms with Crippen LogP contribution in [-0.4, -0.2) is 50.1 Å². The van der Waals surface area contributed by atoms with Crippen molar-refractivity contribution in [3.05, 3.63) is 28.2 Å². The van der Waals surface area contributed by atoms with E-state index in [4.69, 9.17) is 9.84 Å². The Morgan fingerprint density at radius 1 is 1.48 bits per heavy atom. The number of benzene rings is 1. The summed E-state index contributed by atoms with van der Waals surface area (Å²) in [5.41, 5.74) is -0.0562. The van der Waals surface area contributed by atoms with Crippen LogP contribution in [0.25, 0.3) is 0 Å². The summed E-state index contributed by atoms with van der Waals surface area (Å²) < 4.78 is 32.2. The van der Waals surface area contributed by atoms with Gasteiger partial charge in [-0.15, -0.1) is 0 Å². The van der Waals surface area contributed by atoms with E-state index in [0.717, 1.165) is 12.8 Å². The van der Waals surface area contributed by atoms with Crippen LogP contribution >= 0.6 is 15.9 Å². The monoisotopic (exact) mass is 377 g/mol. The predicted octanol–water partition coefficient (Wildman–Crippen LogP) is 1.95. The molecule has 0 heterocycles. The molecule has 2 rings (SSSR count). The van der Waals surface area contributed by atoms with Crippen molar-refractivity contribution >= 4 is 31.9 Å². The molecule has 0 aliphatic heterocycles. The fraction of sp³-hybridized carbons (Fsp3) is 0.462. The second-order valence-electron chi connectivity index (χ2n) is 4.79. The Morgan fingerprint density at radius 2 is 2.14 bits per heavy atom. The highest BCUT2D eigenvalue weighted by atomic mass is 79.9. The fourth-order valence-corrected chi connectivity index (χ4v) is 4.62. The van der Waals surface area contributed by atoms with Gasteiger partial charge in [0.15, 0.2) is 0 Å². The molecule has 1 aromatic rings. The van der Waals surface area contributed by atoms with E-state index in [1.165, 1.54) is 29.6 Å². The summed E-state index contributed by atoms with van der Waals surface area (Å²) in [4.78, 5) is 11.0. The molecule has 1 saturated carbocycles. The van der Waals surface area contributed by atoms with Crippen LogP contribution < -0.4 is 0 Å². The summed E-state index contributed by atoms with van der Waals surface area (Å²) in [7, 11) is -2.24. The minimum atomic E-state index is -3.75. The normalized spacial score (nSPS) is 15.4. The number of halogens is 1. The van der Waals surface area contributed by atoms with E-state index in [9.17, 15) is 13.2 Å². The Balaban J connectivity index is 2.41. The third-order valence-electron chi connectivity index (χ3n) is 3.23. The first-order valence-electron chi connectivity index (χ1n) is 6.41. The summed E-state index contributed by atoms with van der Waals surface area (Å²) in [6, 6.07) is 3.97. The first kappa shape index (κ1) is 16.4. The number of carboxylic acid groups (broad SMARTS) is 1. The van der Waals surface area contributed by atoms with Gasteiger partial charge in [0.05, 0.1) is 17.1 Å². The molecule has 116 valence electrons. The van der Waals surface area contributed by atoms with Crippen molar-refractivity contribution in [2.45, 2.75) is 23.8 Å². The average Bonchev–Trinajstić information content (AvgIpc) is 3.23. The molecule has 0 atom stereocenters. The summed E-state index contributed by atoms with van der Waals surface area (Å²) in [6.45, 7) is 0.555. The molecular formula is C13H16BrNO5S. The second kappa shape index (κ2) is 6.43. The Morgan fingerprint density at radius 3 is 2.67 bits per heavy atom. The van der Waals surface area contributed by atoms with Crippen molar-refractivity contribution < 1.29 is 23.1 Å². The van der Waals surface area contributed by atoms with Gasteiger partial charge in [-0.3, -0.25) is 0 Å². The molecule has 1 N–H and O–H groups in total. The van der Waals surface area contributed by atoms with Gasteiger partial charge in [-0.2, -0.15) is 4.31 Å². The lowest BCUT2D eigenvalue weighted by Gasteiger charge is -2.22. The fourth-order valence-electron chi connectivity index (χ4n) is 2.00. The molecule has 1 aromatic carbocycles. The number of carbonyl (C=O) groups is 1. The van der Waals surface area contributed by atoms with Gasteiger partial charge in [0.2, 0.25) is 10.0 Å².